The second-order valence-electron chi connectivity index (χ2n) is 12.3. The summed E-state index contributed by atoms with van der Waals surface area (Å²) in [4.78, 5) is 24.6. The minimum atomic E-state index is -1.59. The van der Waals surface area contributed by atoms with Gasteiger partial charge < -0.3 is 39.4 Å². The first kappa shape index (κ1) is 43.7. The molecule has 0 spiro atoms. The third-order valence-electron chi connectivity index (χ3n) is 7.98. The van der Waals surface area contributed by atoms with E-state index in [1.54, 1.807) is 0 Å². The van der Waals surface area contributed by atoms with Crippen molar-refractivity contribution in [1.29, 1.82) is 0 Å². The Morgan fingerprint density at radius 3 is 1.83 bits per heavy atom. The Morgan fingerprint density at radius 1 is 0.667 bits per heavy atom. The molecule has 0 radical (unpaired) electrons. The first-order chi connectivity index (χ1) is 23.3. The third kappa shape index (κ3) is 21.6. The van der Waals surface area contributed by atoms with E-state index < -0.39 is 55.4 Å². The van der Waals surface area contributed by atoms with Crippen LogP contribution < -0.4 is 0 Å². The topological polar surface area (TPSA) is 152 Å². The van der Waals surface area contributed by atoms with Crippen LogP contribution in [0.25, 0.3) is 0 Å². The van der Waals surface area contributed by atoms with E-state index in [0.717, 1.165) is 57.8 Å². The molecule has 0 aromatic carbocycles. The molecule has 6 atom stereocenters. The van der Waals surface area contributed by atoms with Gasteiger partial charge >= 0.3 is 11.9 Å². The Balaban J connectivity index is 2.22. The molecule has 0 aromatic rings. The van der Waals surface area contributed by atoms with Crippen molar-refractivity contribution in [2.24, 2.45) is 0 Å². The number of allylic oxidation sites excluding steroid dienone is 8. The highest BCUT2D eigenvalue weighted by Gasteiger charge is 2.44. The van der Waals surface area contributed by atoms with Gasteiger partial charge in [0, 0.05) is 12.8 Å². The van der Waals surface area contributed by atoms with Gasteiger partial charge in [-0.1, -0.05) is 107 Å². The molecule has 0 aliphatic carbocycles. The first-order valence-corrected chi connectivity index (χ1v) is 18.2. The fourth-order valence-corrected chi connectivity index (χ4v) is 5.04. The maximum atomic E-state index is 12.6. The largest absolute Gasteiger partial charge is 0.462 e. The van der Waals surface area contributed by atoms with Gasteiger partial charge in [-0.3, -0.25) is 9.59 Å². The average Bonchev–Trinajstić information content (AvgIpc) is 3.08. The zero-order valence-electron chi connectivity index (χ0n) is 29.5. The molecule has 1 aliphatic rings. The summed E-state index contributed by atoms with van der Waals surface area (Å²) in [7, 11) is 0. The molecular formula is C38H64O10. The predicted octanol–water partition coefficient (Wildman–Crippen LogP) is 6.15. The molecule has 48 heavy (non-hydrogen) atoms. The number of carbonyl (C=O) groups is 2. The zero-order valence-corrected chi connectivity index (χ0v) is 29.5. The average molecular weight is 681 g/mol. The van der Waals surface area contributed by atoms with Crippen LogP contribution in [0.4, 0.5) is 0 Å². The van der Waals surface area contributed by atoms with Crippen LogP contribution in [-0.2, 0) is 28.5 Å². The van der Waals surface area contributed by atoms with Crippen molar-refractivity contribution in [2.75, 3.05) is 19.8 Å². The second kappa shape index (κ2) is 29.6. The van der Waals surface area contributed by atoms with Gasteiger partial charge in [-0.15, -0.1) is 0 Å². The molecule has 0 amide bonds. The van der Waals surface area contributed by atoms with Crippen molar-refractivity contribution in [3.8, 4) is 0 Å². The van der Waals surface area contributed by atoms with Crippen molar-refractivity contribution in [3.05, 3.63) is 48.6 Å². The van der Waals surface area contributed by atoms with Gasteiger partial charge in [0.05, 0.1) is 13.2 Å². The van der Waals surface area contributed by atoms with Gasteiger partial charge in [-0.25, -0.2) is 0 Å². The van der Waals surface area contributed by atoms with Gasteiger partial charge in [0.2, 0.25) is 0 Å². The number of esters is 2. The summed E-state index contributed by atoms with van der Waals surface area (Å²) in [6, 6.07) is 0. The number of carbonyl (C=O) groups excluding carboxylic acids is 2. The molecule has 1 fully saturated rings. The summed E-state index contributed by atoms with van der Waals surface area (Å²) < 4.78 is 21.7. The Labute approximate surface area is 288 Å². The van der Waals surface area contributed by atoms with E-state index in [9.17, 15) is 30.0 Å². The molecule has 0 bridgehead atoms. The van der Waals surface area contributed by atoms with Crippen LogP contribution in [0.1, 0.15) is 123 Å². The number of aliphatic hydroxyl groups is 4. The Hall–Kier alpha value is -2.34. The Bertz CT molecular complexity index is 928. The van der Waals surface area contributed by atoms with E-state index in [2.05, 4.69) is 55.5 Å². The number of hydrogen-bond donors (Lipinski definition) is 4. The molecule has 276 valence electrons. The standard InChI is InChI=1S/C38H64O10/c1-3-5-7-8-9-10-11-12-13-14-15-16-17-18-19-20-21-22-23-24-25-27-34(41)47-31(29-45-33(40)26-6-4-2)30-46-38-37(44)36(43)35(42)32(28-39)48-38/h5,7,9-10,12-13,15-16,31-32,35-39,42-44H,3-4,6,8,11,14,17-30H2,1-2H3/b7-5-,10-9-,13-12-,16-15-. The summed E-state index contributed by atoms with van der Waals surface area (Å²) in [6.07, 6.45) is 25.4. The van der Waals surface area contributed by atoms with E-state index in [1.165, 1.54) is 25.7 Å². The molecule has 4 N–H and O–H groups in total. The van der Waals surface area contributed by atoms with Gasteiger partial charge in [-0.2, -0.15) is 0 Å². The van der Waals surface area contributed by atoms with E-state index in [0.29, 0.717) is 12.8 Å². The molecular weight excluding hydrogens is 616 g/mol. The maximum Gasteiger partial charge on any atom is 0.306 e. The van der Waals surface area contributed by atoms with E-state index in [4.69, 9.17) is 18.9 Å². The van der Waals surface area contributed by atoms with E-state index in [1.807, 2.05) is 6.92 Å². The normalized spacial score (nSPS) is 22.3. The molecule has 1 heterocycles. The number of rotatable bonds is 28. The second-order valence-corrected chi connectivity index (χ2v) is 12.3. The number of unbranched alkanes of at least 4 members (excludes halogenated alkanes) is 9. The summed E-state index contributed by atoms with van der Waals surface area (Å²) in [5, 5.41) is 39.6. The van der Waals surface area contributed by atoms with Gasteiger partial charge in [0.1, 0.15) is 31.0 Å². The van der Waals surface area contributed by atoms with Crippen molar-refractivity contribution in [2.45, 2.75) is 160 Å². The van der Waals surface area contributed by atoms with Crippen molar-refractivity contribution < 1.29 is 49.0 Å². The summed E-state index contributed by atoms with van der Waals surface area (Å²) >= 11 is 0. The maximum absolute atomic E-state index is 12.6. The van der Waals surface area contributed by atoms with Crippen LogP contribution in [0.2, 0.25) is 0 Å². The predicted molar refractivity (Wildman–Crippen MR) is 187 cm³/mol. The lowest BCUT2D eigenvalue weighted by molar-refractivity contribution is -0.305. The van der Waals surface area contributed by atoms with Crippen LogP contribution in [0.3, 0.4) is 0 Å². The SMILES string of the molecule is CC/C=C\C/C=C\C/C=C\C/C=C\CCCCCCCCCCC(=O)OC(COC(=O)CCCC)COC1OC(CO)C(O)C(O)C1O. The number of ether oxygens (including phenoxy) is 4. The minimum absolute atomic E-state index is 0.217. The molecule has 1 rings (SSSR count). The van der Waals surface area contributed by atoms with Crippen LogP contribution in [0.5, 0.6) is 0 Å². The van der Waals surface area contributed by atoms with E-state index >= 15 is 0 Å². The fraction of sp³-hybridized carbons (Fsp3) is 0.737. The summed E-state index contributed by atoms with van der Waals surface area (Å²) in [6.45, 7) is 3.00. The van der Waals surface area contributed by atoms with Crippen molar-refractivity contribution in [1.82, 2.24) is 0 Å². The van der Waals surface area contributed by atoms with Gasteiger partial charge in [-0.05, 0) is 51.4 Å². The lowest BCUT2D eigenvalue weighted by Crippen LogP contribution is -2.59. The number of aliphatic hydroxyl groups excluding tert-OH is 4. The molecule has 1 saturated heterocycles. The highest BCUT2D eigenvalue weighted by molar-refractivity contribution is 5.70. The quantitative estimate of drug-likeness (QED) is 0.0430. The molecule has 10 nitrogen and oxygen atoms in total. The fourth-order valence-electron chi connectivity index (χ4n) is 5.04. The minimum Gasteiger partial charge on any atom is -0.462 e. The molecule has 0 saturated carbocycles. The van der Waals surface area contributed by atoms with Crippen LogP contribution in [-0.4, -0.2) is 89.0 Å². The smallest absolute Gasteiger partial charge is 0.306 e. The van der Waals surface area contributed by atoms with Crippen LogP contribution in [0.15, 0.2) is 48.6 Å². The monoisotopic (exact) mass is 680 g/mol. The lowest BCUT2D eigenvalue weighted by Gasteiger charge is -2.39. The highest BCUT2D eigenvalue weighted by atomic mass is 16.7. The number of hydrogen-bond acceptors (Lipinski definition) is 10. The molecule has 0 aromatic heterocycles. The van der Waals surface area contributed by atoms with Crippen LogP contribution in [0, 0.1) is 0 Å². The summed E-state index contributed by atoms with van der Waals surface area (Å²) in [5.74, 6) is -0.863. The molecule has 6 unspecified atom stereocenters. The highest BCUT2D eigenvalue weighted by Crippen LogP contribution is 2.22. The Kier molecular flexibility index (Phi) is 26.9. The zero-order chi connectivity index (χ0) is 35.2. The van der Waals surface area contributed by atoms with Gasteiger partial charge in [0.25, 0.3) is 0 Å². The third-order valence-corrected chi connectivity index (χ3v) is 7.98. The lowest BCUT2D eigenvalue weighted by atomic mass is 9.99. The molecule has 10 heteroatoms. The summed E-state index contributed by atoms with van der Waals surface area (Å²) in [5.41, 5.74) is 0. The van der Waals surface area contributed by atoms with Crippen molar-refractivity contribution in [3.63, 3.8) is 0 Å². The van der Waals surface area contributed by atoms with E-state index in [-0.39, 0.29) is 26.1 Å². The molecule has 1 aliphatic heterocycles. The first-order valence-electron chi connectivity index (χ1n) is 18.2. The van der Waals surface area contributed by atoms with Gasteiger partial charge in [0.15, 0.2) is 12.4 Å². The van der Waals surface area contributed by atoms with Crippen LogP contribution >= 0.6 is 0 Å². The Morgan fingerprint density at radius 2 is 1.23 bits per heavy atom. The van der Waals surface area contributed by atoms with Crippen molar-refractivity contribution >= 4 is 11.9 Å².